The van der Waals surface area contributed by atoms with Crippen molar-refractivity contribution in [3.63, 3.8) is 0 Å². The van der Waals surface area contributed by atoms with Gasteiger partial charge in [0.1, 0.15) is 0 Å². The molecule has 1 atom stereocenters. The van der Waals surface area contributed by atoms with Crippen LogP contribution < -0.4 is 10.8 Å². The summed E-state index contributed by atoms with van der Waals surface area (Å²) in [6.45, 7) is 1.75. The first-order valence-electron chi connectivity index (χ1n) is 9.82. The maximum Gasteiger partial charge on any atom is 0.429 e. The molecular formula is C22H19Cl2F3N2O2S2. The first kappa shape index (κ1) is 24.6. The maximum absolute atomic E-state index is 14.5. The van der Waals surface area contributed by atoms with Crippen LogP contribution in [0.15, 0.2) is 41.3 Å². The smallest absolute Gasteiger partial charge is 0.348 e. The van der Waals surface area contributed by atoms with Gasteiger partial charge in [0.15, 0.2) is 0 Å². The van der Waals surface area contributed by atoms with Crippen LogP contribution in [0, 0.1) is 6.92 Å². The molecule has 2 aromatic carbocycles. The summed E-state index contributed by atoms with van der Waals surface area (Å²) in [6.07, 6.45) is -3.27. The molecule has 1 amide bonds. The lowest BCUT2D eigenvalue weighted by Gasteiger charge is -2.32. The van der Waals surface area contributed by atoms with E-state index in [4.69, 9.17) is 28.0 Å². The van der Waals surface area contributed by atoms with Crippen LogP contribution in [0.25, 0.3) is 5.70 Å². The molecule has 0 aromatic heterocycles. The summed E-state index contributed by atoms with van der Waals surface area (Å²) in [7, 11) is 0. The van der Waals surface area contributed by atoms with Crippen molar-refractivity contribution in [1.29, 1.82) is 0 Å². The van der Waals surface area contributed by atoms with Crippen molar-refractivity contribution >= 4 is 58.3 Å². The summed E-state index contributed by atoms with van der Waals surface area (Å²) in [4.78, 5) is 17.8. The van der Waals surface area contributed by atoms with Crippen LogP contribution in [-0.2, 0) is 10.4 Å². The minimum atomic E-state index is -4.82. The standard InChI is InChI=1S/C22H19Cl2F3N2O2S2/c1-11-5-12(3-4-17(11)20(30)28-16-9-33-10-16)18-19(32-2)21(31-29-18,22(25,26)27)13-6-14(23)8-15(24)7-13/h3-8,16,29H,9-10H2,1-2H3,(H,28,30). The fourth-order valence-electron chi connectivity index (χ4n) is 3.79. The Labute approximate surface area is 207 Å². The molecule has 0 bridgehead atoms. The van der Waals surface area contributed by atoms with E-state index in [1.54, 1.807) is 43.1 Å². The molecular weight excluding hydrogens is 516 g/mol. The number of carbonyl (C=O) groups excluding carboxylic acids is 1. The van der Waals surface area contributed by atoms with E-state index in [0.717, 1.165) is 23.3 Å². The van der Waals surface area contributed by atoms with Gasteiger partial charge in [0.25, 0.3) is 5.91 Å². The molecule has 1 fully saturated rings. The van der Waals surface area contributed by atoms with Gasteiger partial charge in [-0.2, -0.15) is 24.9 Å². The van der Waals surface area contributed by atoms with Crippen LogP contribution in [0.5, 0.6) is 0 Å². The van der Waals surface area contributed by atoms with Crippen molar-refractivity contribution in [2.24, 2.45) is 0 Å². The number of hydrogen-bond acceptors (Lipinski definition) is 5. The van der Waals surface area contributed by atoms with E-state index < -0.39 is 11.8 Å². The molecule has 4 nitrogen and oxygen atoms in total. The van der Waals surface area contributed by atoms with E-state index in [1.165, 1.54) is 18.2 Å². The molecule has 2 aliphatic rings. The molecule has 2 aromatic rings. The molecule has 11 heteroatoms. The number of thioether (sulfide) groups is 2. The monoisotopic (exact) mass is 534 g/mol. The van der Waals surface area contributed by atoms with Gasteiger partial charge in [-0.15, -0.1) is 11.8 Å². The summed E-state index contributed by atoms with van der Waals surface area (Å²) >= 11 is 14.7. The number of alkyl halides is 3. The third kappa shape index (κ3) is 4.46. The van der Waals surface area contributed by atoms with E-state index in [1.807, 2.05) is 0 Å². The van der Waals surface area contributed by atoms with Gasteiger partial charge in [-0.1, -0.05) is 29.3 Å². The van der Waals surface area contributed by atoms with E-state index in [2.05, 4.69) is 10.8 Å². The fourth-order valence-corrected chi connectivity index (χ4v) is 5.88. The molecule has 1 saturated heterocycles. The molecule has 176 valence electrons. The lowest BCUT2D eigenvalue weighted by molar-refractivity contribution is -0.270. The van der Waals surface area contributed by atoms with Crippen LogP contribution in [-0.4, -0.2) is 35.9 Å². The topological polar surface area (TPSA) is 50.4 Å². The Bertz CT molecular complexity index is 1120. The minimum absolute atomic E-state index is 0.0645. The number of benzene rings is 2. The van der Waals surface area contributed by atoms with Crippen molar-refractivity contribution < 1.29 is 22.8 Å². The second kappa shape index (κ2) is 9.26. The number of carbonyl (C=O) groups is 1. The molecule has 1 unspecified atom stereocenters. The van der Waals surface area contributed by atoms with Gasteiger partial charge in [-0.05, 0) is 49.1 Å². The van der Waals surface area contributed by atoms with E-state index in [0.29, 0.717) is 16.7 Å². The van der Waals surface area contributed by atoms with Crippen molar-refractivity contribution in [2.45, 2.75) is 24.7 Å². The average molecular weight is 535 g/mol. The first-order valence-corrected chi connectivity index (χ1v) is 13.0. The van der Waals surface area contributed by atoms with Gasteiger partial charge in [0.05, 0.1) is 10.6 Å². The number of hydrogen-bond donors (Lipinski definition) is 2. The molecule has 0 saturated carbocycles. The number of aryl methyl sites for hydroxylation is 1. The highest BCUT2D eigenvalue weighted by atomic mass is 35.5. The Morgan fingerprint density at radius 2 is 1.88 bits per heavy atom. The minimum Gasteiger partial charge on any atom is -0.348 e. The van der Waals surface area contributed by atoms with E-state index in [9.17, 15) is 18.0 Å². The molecule has 4 rings (SSSR count). The molecule has 0 aliphatic carbocycles. The van der Waals surface area contributed by atoms with Crippen molar-refractivity contribution in [2.75, 3.05) is 17.8 Å². The van der Waals surface area contributed by atoms with E-state index >= 15 is 0 Å². The Kier molecular flexibility index (Phi) is 6.90. The van der Waals surface area contributed by atoms with Crippen molar-refractivity contribution in [3.8, 4) is 0 Å². The van der Waals surface area contributed by atoms with Crippen molar-refractivity contribution in [1.82, 2.24) is 10.8 Å². The summed E-state index contributed by atoms with van der Waals surface area (Å²) in [6, 6.07) is 8.79. The largest absolute Gasteiger partial charge is 0.429 e. The van der Waals surface area contributed by atoms with Gasteiger partial charge in [0, 0.05) is 44.3 Å². The molecule has 0 spiro atoms. The van der Waals surface area contributed by atoms with Crippen LogP contribution in [0.4, 0.5) is 13.2 Å². The lowest BCUT2D eigenvalue weighted by Crippen LogP contribution is -2.44. The first-order chi connectivity index (χ1) is 15.6. The molecule has 2 N–H and O–H groups in total. The van der Waals surface area contributed by atoms with Gasteiger partial charge < -0.3 is 5.32 Å². The third-order valence-corrected chi connectivity index (χ3v) is 8.07. The lowest BCUT2D eigenvalue weighted by atomic mass is 9.90. The maximum atomic E-state index is 14.5. The van der Waals surface area contributed by atoms with Crippen LogP contribution in [0.1, 0.15) is 27.0 Å². The van der Waals surface area contributed by atoms with Gasteiger partial charge >= 0.3 is 6.18 Å². The van der Waals surface area contributed by atoms with Crippen molar-refractivity contribution in [3.05, 3.63) is 73.6 Å². The van der Waals surface area contributed by atoms with Crippen LogP contribution in [0.3, 0.4) is 0 Å². The molecule has 2 aliphatic heterocycles. The summed E-state index contributed by atoms with van der Waals surface area (Å²) in [5.74, 6) is 1.56. The summed E-state index contributed by atoms with van der Waals surface area (Å²) < 4.78 is 43.6. The second-order valence-electron chi connectivity index (χ2n) is 7.69. The quantitative estimate of drug-likeness (QED) is 0.480. The second-order valence-corrected chi connectivity index (χ2v) is 10.5. The van der Waals surface area contributed by atoms with Crippen LogP contribution >= 0.6 is 46.7 Å². The fraction of sp³-hybridized carbons (Fsp3) is 0.318. The highest BCUT2D eigenvalue weighted by Gasteiger charge is 2.64. The highest BCUT2D eigenvalue weighted by molar-refractivity contribution is 8.02. The van der Waals surface area contributed by atoms with Gasteiger partial charge in [0.2, 0.25) is 5.60 Å². The number of rotatable bonds is 5. The average Bonchev–Trinajstić information content (AvgIpc) is 3.10. The Morgan fingerprint density at radius 1 is 1.21 bits per heavy atom. The van der Waals surface area contributed by atoms with Crippen LogP contribution in [0.2, 0.25) is 10.0 Å². The van der Waals surface area contributed by atoms with Gasteiger partial charge in [-0.25, -0.2) is 4.84 Å². The normalized spacial score (nSPS) is 21.1. The zero-order valence-corrected chi connectivity index (χ0v) is 20.6. The zero-order chi connectivity index (χ0) is 24.0. The Hall–Kier alpha value is -1.52. The number of nitrogens with one attached hydrogen (secondary N) is 2. The summed E-state index contributed by atoms with van der Waals surface area (Å²) in [5.41, 5.74) is 1.21. The number of halogens is 5. The third-order valence-electron chi connectivity index (χ3n) is 5.46. The Balaban J connectivity index is 1.78. The molecule has 0 radical (unpaired) electrons. The number of hydroxylamine groups is 1. The molecule has 33 heavy (non-hydrogen) atoms. The highest BCUT2D eigenvalue weighted by Crippen LogP contribution is 2.55. The predicted molar refractivity (Wildman–Crippen MR) is 129 cm³/mol. The van der Waals surface area contributed by atoms with Gasteiger partial charge in [-0.3, -0.25) is 10.3 Å². The predicted octanol–water partition coefficient (Wildman–Crippen LogP) is 6.17. The van der Waals surface area contributed by atoms with E-state index in [-0.39, 0.29) is 38.2 Å². The SMILES string of the molecule is CSC1=C(c2ccc(C(=O)NC3CSC3)c(C)c2)NOC1(c1cc(Cl)cc(Cl)c1)C(F)(F)F. The summed E-state index contributed by atoms with van der Waals surface area (Å²) in [5, 5.41) is 3.09. The molecule has 2 heterocycles. The zero-order valence-electron chi connectivity index (χ0n) is 17.5. The Morgan fingerprint density at radius 3 is 2.39 bits per heavy atom. The number of amides is 1.